The first-order chi connectivity index (χ1) is 8.25. The van der Waals surface area contributed by atoms with Gasteiger partial charge in [0.1, 0.15) is 5.69 Å². The summed E-state index contributed by atoms with van der Waals surface area (Å²) in [4.78, 5) is 19.3. The van der Waals surface area contributed by atoms with Gasteiger partial charge in [-0.25, -0.2) is 4.98 Å². The van der Waals surface area contributed by atoms with E-state index in [0.29, 0.717) is 24.5 Å². The molecule has 7 heteroatoms. The number of carbonyl (C=O) groups excluding carboxylic acids is 1. The van der Waals surface area contributed by atoms with Crippen LogP contribution in [0.25, 0.3) is 0 Å². The van der Waals surface area contributed by atoms with Gasteiger partial charge in [-0.1, -0.05) is 0 Å². The Morgan fingerprint density at radius 3 is 2.94 bits per heavy atom. The predicted octanol–water partition coefficient (Wildman–Crippen LogP) is -0.315. The summed E-state index contributed by atoms with van der Waals surface area (Å²) in [6.07, 6.45) is 7.67. The van der Waals surface area contributed by atoms with Gasteiger partial charge in [0.2, 0.25) is 0 Å². The van der Waals surface area contributed by atoms with E-state index in [0.717, 1.165) is 0 Å². The summed E-state index contributed by atoms with van der Waals surface area (Å²) in [5, 5.41) is 6.71. The maximum Gasteiger partial charge on any atom is 0.271 e. The first-order valence-electron chi connectivity index (χ1n) is 5.08. The number of hydrogen-bond acceptors (Lipinski definition) is 5. The Morgan fingerprint density at radius 1 is 1.41 bits per heavy atom. The van der Waals surface area contributed by atoms with Crippen molar-refractivity contribution in [1.82, 2.24) is 25.1 Å². The second-order valence-corrected chi connectivity index (χ2v) is 3.38. The fraction of sp³-hybridized carbons (Fsp3) is 0.200. The van der Waals surface area contributed by atoms with Gasteiger partial charge in [0.15, 0.2) is 0 Å². The summed E-state index contributed by atoms with van der Waals surface area (Å²) < 4.78 is 1.66. The predicted molar refractivity (Wildman–Crippen MR) is 61.0 cm³/mol. The Kier molecular flexibility index (Phi) is 3.29. The van der Waals surface area contributed by atoms with Crippen LogP contribution in [0, 0.1) is 0 Å². The molecule has 0 saturated carbocycles. The van der Waals surface area contributed by atoms with E-state index in [1.807, 2.05) is 0 Å². The Labute approximate surface area is 97.7 Å². The van der Waals surface area contributed by atoms with Crippen LogP contribution in [0.1, 0.15) is 10.5 Å². The molecule has 7 nitrogen and oxygen atoms in total. The highest BCUT2D eigenvalue weighted by molar-refractivity contribution is 5.91. The van der Waals surface area contributed by atoms with Crippen LogP contribution in [-0.4, -0.2) is 32.2 Å². The maximum atomic E-state index is 11.6. The van der Waals surface area contributed by atoms with E-state index in [-0.39, 0.29) is 5.91 Å². The van der Waals surface area contributed by atoms with Crippen LogP contribution in [0.3, 0.4) is 0 Å². The molecule has 17 heavy (non-hydrogen) atoms. The smallest absolute Gasteiger partial charge is 0.271 e. The van der Waals surface area contributed by atoms with Gasteiger partial charge >= 0.3 is 0 Å². The fourth-order valence-corrected chi connectivity index (χ4v) is 1.29. The first-order valence-corrected chi connectivity index (χ1v) is 5.08. The molecule has 0 aliphatic rings. The van der Waals surface area contributed by atoms with Gasteiger partial charge < -0.3 is 11.1 Å². The third-order valence-electron chi connectivity index (χ3n) is 2.08. The van der Waals surface area contributed by atoms with Crippen molar-refractivity contribution < 1.29 is 4.79 Å². The van der Waals surface area contributed by atoms with E-state index in [2.05, 4.69) is 20.4 Å². The number of hydrogen-bond donors (Lipinski definition) is 2. The summed E-state index contributed by atoms with van der Waals surface area (Å²) >= 11 is 0. The second-order valence-electron chi connectivity index (χ2n) is 3.38. The van der Waals surface area contributed by atoms with Crippen LogP contribution in [0.4, 0.5) is 5.69 Å². The number of anilines is 1. The minimum absolute atomic E-state index is 0.252. The van der Waals surface area contributed by atoms with Crippen molar-refractivity contribution >= 4 is 11.6 Å². The van der Waals surface area contributed by atoms with Crippen LogP contribution in [0.5, 0.6) is 0 Å². The standard InChI is InChI=1S/C10H12N6O/c11-8-5-15-16(7-8)4-3-14-10(17)9-6-12-1-2-13-9/h1-2,5-7H,3-4,11H2,(H,14,17). The van der Waals surface area contributed by atoms with E-state index in [1.54, 1.807) is 17.1 Å². The molecule has 0 atom stereocenters. The van der Waals surface area contributed by atoms with Crippen molar-refractivity contribution in [3.63, 3.8) is 0 Å². The normalized spacial score (nSPS) is 10.1. The molecule has 0 aliphatic heterocycles. The molecule has 0 unspecified atom stereocenters. The molecule has 2 heterocycles. The van der Waals surface area contributed by atoms with Gasteiger partial charge in [0.25, 0.3) is 5.91 Å². The SMILES string of the molecule is Nc1cnn(CCNC(=O)c2cnccn2)c1. The van der Waals surface area contributed by atoms with Gasteiger partial charge in [-0.2, -0.15) is 5.10 Å². The molecule has 2 rings (SSSR count). The van der Waals surface area contributed by atoms with E-state index < -0.39 is 0 Å². The molecular formula is C10H12N6O. The van der Waals surface area contributed by atoms with Crippen LogP contribution in [-0.2, 0) is 6.54 Å². The molecule has 0 aromatic carbocycles. The van der Waals surface area contributed by atoms with Crippen molar-refractivity contribution in [2.45, 2.75) is 6.54 Å². The lowest BCUT2D eigenvalue weighted by Gasteiger charge is -2.04. The van der Waals surface area contributed by atoms with Crippen molar-refractivity contribution in [2.75, 3.05) is 12.3 Å². The lowest BCUT2D eigenvalue weighted by Crippen LogP contribution is -2.28. The average molecular weight is 232 g/mol. The molecule has 0 aliphatic carbocycles. The van der Waals surface area contributed by atoms with Gasteiger partial charge in [-0.3, -0.25) is 14.5 Å². The molecule has 3 N–H and O–H groups in total. The fourth-order valence-electron chi connectivity index (χ4n) is 1.29. The maximum absolute atomic E-state index is 11.6. The highest BCUT2D eigenvalue weighted by Crippen LogP contribution is 1.96. The second kappa shape index (κ2) is 5.06. The molecule has 0 saturated heterocycles. The Morgan fingerprint density at radius 2 is 2.29 bits per heavy atom. The average Bonchev–Trinajstić information content (AvgIpc) is 2.76. The number of aromatic nitrogens is 4. The molecular weight excluding hydrogens is 220 g/mol. The summed E-state index contributed by atoms with van der Waals surface area (Å²) in [5.74, 6) is -0.252. The highest BCUT2D eigenvalue weighted by Gasteiger charge is 2.05. The van der Waals surface area contributed by atoms with Crippen molar-refractivity contribution in [3.05, 3.63) is 36.7 Å². The van der Waals surface area contributed by atoms with Gasteiger partial charge in [-0.05, 0) is 0 Å². The van der Waals surface area contributed by atoms with E-state index in [4.69, 9.17) is 5.73 Å². The number of nitrogens with two attached hydrogens (primary N) is 1. The molecule has 1 amide bonds. The Hall–Kier alpha value is -2.44. The minimum atomic E-state index is -0.252. The zero-order valence-corrected chi connectivity index (χ0v) is 9.08. The summed E-state index contributed by atoms with van der Waals surface area (Å²) in [5.41, 5.74) is 6.41. The first kappa shape index (κ1) is 11.1. The Bertz CT molecular complexity index is 495. The van der Waals surface area contributed by atoms with E-state index in [1.165, 1.54) is 18.6 Å². The minimum Gasteiger partial charge on any atom is -0.396 e. The van der Waals surface area contributed by atoms with Crippen LogP contribution < -0.4 is 11.1 Å². The summed E-state index contributed by atoms with van der Waals surface area (Å²) in [7, 11) is 0. The Balaban J connectivity index is 1.81. The molecule has 88 valence electrons. The molecule has 0 fully saturated rings. The zero-order chi connectivity index (χ0) is 12.1. The molecule has 0 spiro atoms. The summed E-state index contributed by atoms with van der Waals surface area (Å²) in [6.45, 7) is 1.01. The van der Waals surface area contributed by atoms with Gasteiger partial charge in [-0.15, -0.1) is 0 Å². The van der Waals surface area contributed by atoms with Gasteiger partial charge in [0, 0.05) is 25.1 Å². The molecule has 0 radical (unpaired) electrons. The third-order valence-corrected chi connectivity index (χ3v) is 2.08. The topological polar surface area (TPSA) is 98.7 Å². The molecule has 2 aromatic rings. The number of nitrogens with one attached hydrogen (secondary N) is 1. The number of nitrogens with zero attached hydrogens (tertiary/aromatic N) is 4. The van der Waals surface area contributed by atoms with Crippen molar-refractivity contribution in [1.29, 1.82) is 0 Å². The number of nitrogen functional groups attached to an aromatic ring is 1. The monoisotopic (exact) mass is 232 g/mol. The highest BCUT2D eigenvalue weighted by atomic mass is 16.1. The van der Waals surface area contributed by atoms with E-state index >= 15 is 0 Å². The van der Waals surface area contributed by atoms with Gasteiger partial charge in [0.05, 0.1) is 24.6 Å². The zero-order valence-electron chi connectivity index (χ0n) is 9.08. The third kappa shape index (κ3) is 3.00. The number of amides is 1. The van der Waals surface area contributed by atoms with Crippen LogP contribution in [0.15, 0.2) is 31.0 Å². The summed E-state index contributed by atoms with van der Waals surface area (Å²) in [6, 6.07) is 0. The van der Waals surface area contributed by atoms with Crippen molar-refractivity contribution in [2.24, 2.45) is 0 Å². The molecule has 0 bridgehead atoms. The van der Waals surface area contributed by atoms with Crippen molar-refractivity contribution in [3.8, 4) is 0 Å². The van der Waals surface area contributed by atoms with E-state index in [9.17, 15) is 4.79 Å². The largest absolute Gasteiger partial charge is 0.396 e. The number of carbonyl (C=O) groups is 1. The molecule has 2 aromatic heterocycles. The lowest BCUT2D eigenvalue weighted by atomic mass is 10.4. The van der Waals surface area contributed by atoms with Crippen LogP contribution in [0.2, 0.25) is 0 Å². The lowest BCUT2D eigenvalue weighted by molar-refractivity contribution is 0.0946. The van der Waals surface area contributed by atoms with Crippen LogP contribution >= 0.6 is 0 Å². The number of rotatable bonds is 4. The quantitative estimate of drug-likeness (QED) is 0.753.